The van der Waals surface area contributed by atoms with Crippen LogP contribution < -0.4 is 15.4 Å². The highest BCUT2D eigenvalue weighted by molar-refractivity contribution is 6.31. The smallest absolute Gasteiger partial charge is 0.255 e. The van der Waals surface area contributed by atoms with E-state index in [9.17, 15) is 14.4 Å². The third-order valence-electron chi connectivity index (χ3n) is 6.07. The van der Waals surface area contributed by atoms with Crippen LogP contribution in [0.5, 0.6) is 5.75 Å². The van der Waals surface area contributed by atoms with Gasteiger partial charge >= 0.3 is 0 Å². The van der Waals surface area contributed by atoms with E-state index < -0.39 is 0 Å². The number of aromatic nitrogens is 3. The first-order valence-corrected chi connectivity index (χ1v) is 12.8. The van der Waals surface area contributed by atoms with Crippen molar-refractivity contribution in [3.05, 3.63) is 52.5 Å². The van der Waals surface area contributed by atoms with Crippen LogP contribution in [0.2, 0.25) is 5.02 Å². The second-order valence-corrected chi connectivity index (χ2v) is 10.00. The molecule has 0 radical (unpaired) electrons. The molecule has 3 aromatic rings. The Morgan fingerprint density at radius 1 is 1.14 bits per heavy atom. The van der Waals surface area contributed by atoms with Crippen molar-refractivity contribution < 1.29 is 19.1 Å². The Kier molecular flexibility index (Phi) is 8.60. The topological polar surface area (TPSA) is 129 Å². The molecule has 0 spiro atoms. The van der Waals surface area contributed by atoms with Gasteiger partial charge in [-0.25, -0.2) is 0 Å². The molecule has 37 heavy (non-hydrogen) atoms. The third kappa shape index (κ3) is 6.97. The summed E-state index contributed by atoms with van der Waals surface area (Å²) in [4.78, 5) is 40.9. The minimum absolute atomic E-state index is 0.0944. The fourth-order valence-corrected chi connectivity index (χ4v) is 4.49. The summed E-state index contributed by atoms with van der Waals surface area (Å²) in [6.07, 6.45) is 1.88. The summed E-state index contributed by atoms with van der Waals surface area (Å²) < 4.78 is 6.00. The molecule has 0 aliphatic carbocycles. The van der Waals surface area contributed by atoms with E-state index in [1.807, 2.05) is 0 Å². The largest absolute Gasteiger partial charge is 0.491 e. The lowest BCUT2D eigenvalue weighted by Crippen LogP contribution is -2.46. The Balaban J connectivity index is 1.55. The number of nitrogens with zero attached hydrogens (tertiary/aromatic N) is 3. The molecule has 1 aliphatic heterocycles. The summed E-state index contributed by atoms with van der Waals surface area (Å²) in [6, 6.07) is 9.65. The Hall–Kier alpha value is -3.66. The summed E-state index contributed by atoms with van der Waals surface area (Å²) in [6.45, 7) is 4.94. The first-order chi connectivity index (χ1) is 17.8. The number of carbonyl (C=O) groups excluding carboxylic acids is 3. The molecule has 3 N–H and O–H groups in total. The molecule has 10 nitrogen and oxygen atoms in total. The predicted molar refractivity (Wildman–Crippen MR) is 140 cm³/mol. The molecular formula is C26H31ClN6O4. The monoisotopic (exact) mass is 526 g/mol. The van der Waals surface area contributed by atoms with E-state index in [1.165, 1.54) is 4.90 Å². The summed E-state index contributed by atoms with van der Waals surface area (Å²) in [5.74, 6) is -0.140. The minimum Gasteiger partial charge on any atom is -0.491 e. The van der Waals surface area contributed by atoms with Crippen molar-refractivity contribution in [2.45, 2.75) is 39.2 Å². The van der Waals surface area contributed by atoms with Crippen LogP contribution in [0.1, 0.15) is 53.8 Å². The SMILES string of the molecule is CC(C)C[C@@H]1COc2ccc(Cl)cc2C(=O)NCCCCN(C(=O)c2ccc3n[nH]nc3c2)CC(=O)N1. The van der Waals surface area contributed by atoms with Crippen LogP contribution in [0.4, 0.5) is 0 Å². The zero-order valence-electron chi connectivity index (χ0n) is 20.9. The fraction of sp³-hybridized carbons (Fsp3) is 0.423. The van der Waals surface area contributed by atoms with Gasteiger partial charge in [0.1, 0.15) is 23.4 Å². The number of amides is 3. The number of carbonyl (C=O) groups is 3. The molecular weight excluding hydrogens is 496 g/mol. The number of hydrogen-bond donors (Lipinski definition) is 3. The lowest BCUT2D eigenvalue weighted by Gasteiger charge is -2.25. The zero-order chi connectivity index (χ0) is 26.4. The van der Waals surface area contributed by atoms with Gasteiger partial charge in [0.15, 0.2) is 0 Å². The Labute approximate surface area is 220 Å². The van der Waals surface area contributed by atoms with E-state index in [-0.39, 0.29) is 42.8 Å². The van der Waals surface area contributed by atoms with Crippen LogP contribution in [-0.4, -0.2) is 70.3 Å². The molecule has 4 rings (SSSR count). The van der Waals surface area contributed by atoms with Crippen LogP contribution >= 0.6 is 11.6 Å². The quantitative estimate of drug-likeness (QED) is 0.480. The normalized spacial score (nSPS) is 17.8. The molecule has 0 unspecified atom stereocenters. The summed E-state index contributed by atoms with van der Waals surface area (Å²) >= 11 is 6.14. The van der Waals surface area contributed by atoms with Crippen molar-refractivity contribution in [1.29, 1.82) is 0 Å². The number of fused-ring (bicyclic) bond motifs is 2. The van der Waals surface area contributed by atoms with Gasteiger partial charge < -0.3 is 20.3 Å². The van der Waals surface area contributed by atoms with E-state index in [4.69, 9.17) is 16.3 Å². The fourth-order valence-electron chi connectivity index (χ4n) is 4.31. The Morgan fingerprint density at radius 3 is 2.76 bits per heavy atom. The Morgan fingerprint density at radius 2 is 1.95 bits per heavy atom. The molecule has 1 aliphatic rings. The van der Waals surface area contributed by atoms with Crippen molar-refractivity contribution >= 4 is 40.4 Å². The van der Waals surface area contributed by atoms with Crippen molar-refractivity contribution in [3.8, 4) is 5.75 Å². The van der Waals surface area contributed by atoms with E-state index >= 15 is 0 Å². The molecule has 0 saturated heterocycles. The van der Waals surface area contributed by atoms with E-state index in [2.05, 4.69) is 39.9 Å². The summed E-state index contributed by atoms with van der Waals surface area (Å²) in [7, 11) is 0. The molecule has 0 fully saturated rings. The number of benzene rings is 2. The maximum Gasteiger partial charge on any atom is 0.255 e. The molecule has 11 heteroatoms. The van der Waals surface area contributed by atoms with Gasteiger partial charge in [-0.05, 0) is 61.6 Å². The molecule has 196 valence electrons. The molecule has 2 aromatic carbocycles. The molecule has 1 atom stereocenters. The molecule has 3 amide bonds. The molecule has 2 heterocycles. The molecule has 0 bridgehead atoms. The highest BCUT2D eigenvalue weighted by Crippen LogP contribution is 2.24. The maximum atomic E-state index is 13.4. The van der Waals surface area contributed by atoms with Gasteiger partial charge in [0.05, 0.1) is 18.2 Å². The van der Waals surface area contributed by atoms with Gasteiger partial charge in [0.25, 0.3) is 11.8 Å². The lowest BCUT2D eigenvalue weighted by atomic mass is 10.0. The van der Waals surface area contributed by atoms with Crippen molar-refractivity contribution in [1.82, 2.24) is 30.9 Å². The average Bonchev–Trinajstić information content (AvgIpc) is 3.33. The van der Waals surface area contributed by atoms with E-state index in [0.717, 1.165) is 0 Å². The number of nitrogens with one attached hydrogen (secondary N) is 3. The molecule has 0 saturated carbocycles. The van der Waals surface area contributed by atoms with Gasteiger partial charge in [-0.1, -0.05) is 25.4 Å². The number of rotatable bonds is 3. The van der Waals surface area contributed by atoms with E-state index in [0.29, 0.717) is 65.3 Å². The maximum absolute atomic E-state index is 13.4. The second-order valence-electron chi connectivity index (χ2n) is 9.56. The molecule has 1 aromatic heterocycles. The number of aromatic amines is 1. The summed E-state index contributed by atoms with van der Waals surface area (Å²) in [5.41, 5.74) is 2.00. The number of H-pyrrole nitrogens is 1. The van der Waals surface area contributed by atoms with Crippen LogP contribution in [0, 0.1) is 5.92 Å². The van der Waals surface area contributed by atoms with Crippen LogP contribution in [0.15, 0.2) is 36.4 Å². The van der Waals surface area contributed by atoms with Crippen LogP contribution in [0.3, 0.4) is 0 Å². The van der Waals surface area contributed by atoms with Gasteiger partial charge in [-0.2, -0.15) is 15.4 Å². The zero-order valence-corrected chi connectivity index (χ0v) is 21.7. The van der Waals surface area contributed by atoms with Crippen molar-refractivity contribution in [2.75, 3.05) is 26.2 Å². The van der Waals surface area contributed by atoms with Gasteiger partial charge in [-0.3, -0.25) is 14.4 Å². The highest BCUT2D eigenvalue weighted by Gasteiger charge is 2.23. The second kappa shape index (κ2) is 12.1. The van der Waals surface area contributed by atoms with Crippen molar-refractivity contribution in [3.63, 3.8) is 0 Å². The predicted octanol–water partition coefficient (Wildman–Crippen LogP) is 3.19. The van der Waals surface area contributed by atoms with Crippen molar-refractivity contribution in [2.24, 2.45) is 5.92 Å². The first-order valence-electron chi connectivity index (χ1n) is 12.4. The van der Waals surface area contributed by atoms with Gasteiger partial charge in [0, 0.05) is 23.7 Å². The number of halogens is 1. The van der Waals surface area contributed by atoms with Gasteiger partial charge in [-0.15, -0.1) is 0 Å². The number of ether oxygens (including phenoxy) is 1. The average molecular weight is 527 g/mol. The highest BCUT2D eigenvalue weighted by atomic mass is 35.5. The van der Waals surface area contributed by atoms with E-state index in [1.54, 1.807) is 36.4 Å². The van der Waals surface area contributed by atoms with Crippen LogP contribution in [0.25, 0.3) is 11.0 Å². The summed E-state index contributed by atoms with van der Waals surface area (Å²) in [5, 5.41) is 17.0. The Bertz CT molecular complexity index is 1280. The standard InChI is InChI=1S/C26H31ClN6O4/c1-16(2)11-19-15-37-23-8-6-18(27)13-20(23)25(35)28-9-3-4-10-33(14-24(34)29-19)26(36)17-5-7-21-22(12-17)31-32-30-21/h5-8,12-13,16,19H,3-4,9-11,14-15H2,1-2H3,(H,28,35)(H,29,34)(H,30,31,32)/t19-/m1/s1. The number of hydrogen-bond acceptors (Lipinski definition) is 6. The third-order valence-corrected chi connectivity index (χ3v) is 6.31. The van der Waals surface area contributed by atoms with Crippen LogP contribution in [-0.2, 0) is 4.79 Å². The minimum atomic E-state index is -0.312. The van der Waals surface area contributed by atoms with Gasteiger partial charge in [0.2, 0.25) is 5.91 Å². The first kappa shape index (κ1) is 26.4. The lowest BCUT2D eigenvalue weighted by molar-refractivity contribution is -0.122.